The van der Waals surface area contributed by atoms with E-state index in [2.05, 4.69) is 10.5 Å². The fourth-order valence-electron chi connectivity index (χ4n) is 1.23. The molecular weight excluding hydrogens is 166 g/mol. The lowest BCUT2D eigenvalue weighted by Crippen LogP contribution is -2.31. The van der Waals surface area contributed by atoms with E-state index in [1.807, 2.05) is 6.92 Å². The summed E-state index contributed by atoms with van der Waals surface area (Å²) in [5, 5.41) is 14.7. The second kappa shape index (κ2) is 5.07. The summed E-state index contributed by atoms with van der Waals surface area (Å²) >= 11 is 0. The van der Waals surface area contributed by atoms with Crippen molar-refractivity contribution in [2.24, 2.45) is 22.7 Å². The van der Waals surface area contributed by atoms with Crippen molar-refractivity contribution in [3.05, 3.63) is 0 Å². The SMILES string of the molecule is CC(CNCCC1CC1)C(N)=NO. The number of nitrogens with two attached hydrogens (primary N) is 1. The highest BCUT2D eigenvalue weighted by Crippen LogP contribution is 2.31. The van der Waals surface area contributed by atoms with Gasteiger partial charge in [0.1, 0.15) is 5.84 Å². The third-order valence-electron chi connectivity index (χ3n) is 2.50. The highest BCUT2D eigenvalue weighted by Gasteiger charge is 2.20. The first-order chi connectivity index (χ1) is 6.24. The molecule has 0 saturated heterocycles. The molecule has 1 saturated carbocycles. The molecule has 0 aromatic carbocycles. The second-order valence-electron chi connectivity index (χ2n) is 3.86. The van der Waals surface area contributed by atoms with Crippen molar-refractivity contribution in [3.8, 4) is 0 Å². The van der Waals surface area contributed by atoms with Crippen molar-refractivity contribution >= 4 is 5.84 Å². The van der Waals surface area contributed by atoms with Crippen LogP contribution in [-0.2, 0) is 0 Å². The van der Waals surface area contributed by atoms with Gasteiger partial charge in [-0.05, 0) is 18.9 Å². The van der Waals surface area contributed by atoms with Gasteiger partial charge in [0.2, 0.25) is 0 Å². The Labute approximate surface area is 79.2 Å². The predicted octanol–water partition coefficient (Wildman–Crippen LogP) is 0.759. The maximum absolute atomic E-state index is 8.40. The van der Waals surface area contributed by atoms with Crippen LogP contribution in [0.1, 0.15) is 26.2 Å². The first-order valence-corrected chi connectivity index (χ1v) is 4.92. The van der Waals surface area contributed by atoms with Gasteiger partial charge in [0.15, 0.2) is 0 Å². The van der Waals surface area contributed by atoms with Gasteiger partial charge in [0.25, 0.3) is 0 Å². The third-order valence-corrected chi connectivity index (χ3v) is 2.50. The van der Waals surface area contributed by atoms with Gasteiger partial charge in [0, 0.05) is 12.5 Å². The average Bonchev–Trinajstić information content (AvgIpc) is 2.94. The van der Waals surface area contributed by atoms with Crippen molar-refractivity contribution in [3.63, 3.8) is 0 Å². The molecule has 0 radical (unpaired) electrons. The summed E-state index contributed by atoms with van der Waals surface area (Å²) in [6, 6.07) is 0. The molecule has 0 heterocycles. The Hall–Kier alpha value is -0.770. The van der Waals surface area contributed by atoms with Gasteiger partial charge in [-0.25, -0.2) is 0 Å². The number of rotatable bonds is 6. The van der Waals surface area contributed by atoms with Gasteiger partial charge >= 0.3 is 0 Å². The minimum Gasteiger partial charge on any atom is -0.409 e. The molecule has 1 atom stereocenters. The van der Waals surface area contributed by atoms with Crippen LogP contribution in [0.5, 0.6) is 0 Å². The number of hydrogen-bond donors (Lipinski definition) is 3. The van der Waals surface area contributed by atoms with Crippen LogP contribution in [0.2, 0.25) is 0 Å². The van der Waals surface area contributed by atoms with Gasteiger partial charge < -0.3 is 16.3 Å². The summed E-state index contributed by atoms with van der Waals surface area (Å²) in [5.74, 6) is 1.38. The summed E-state index contributed by atoms with van der Waals surface area (Å²) in [4.78, 5) is 0. The monoisotopic (exact) mass is 185 g/mol. The lowest BCUT2D eigenvalue weighted by molar-refractivity contribution is 0.314. The topological polar surface area (TPSA) is 70.6 Å². The molecule has 0 bridgehead atoms. The van der Waals surface area contributed by atoms with Crippen LogP contribution in [0.25, 0.3) is 0 Å². The molecule has 1 aliphatic carbocycles. The minimum atomic E-state index is 0.115. The third kappa shape index (κ3) is 4.12. The molecule has 76 valence electrons. The zero-order valence-electron chi connectivity index (χ0n) is 8.16. The van der Waals surface area contributed by atoms with Crippen LogP contribution in [-0.4, -0.2) is 24.1 Å². The van der Waals surface area contributed by atoms with E-state index in [0.29, 0.717) is 5.84 Å². The molecule has 1 aliphatic rings. The van der Waals surface area contributed by atoms with Gasteiger partial charge in [-0.3, -0.25) is 0 Å². The number of nitrogens with zero attached hydrogens (tertiary/aromatic N) is 1. The van der Waals surface area contributed by atoms with E-state index in [1.54, 1.807) is 0 Å². The Bertz CT molecular complexity index is 178. The minimum absolute atomic E-state index is 0.115. The smallest absolute Gasteiger partial charge is 0.143 e. The Balaban J connectivity index is 1.97. The lowest BCUT2D eigenvalue weighted by atomic mass is 10.1. The maximum Gasteiger partial charge on any atom is 0.143 e. The summed E-state index contributed by atoms with van der Waals surface area (Å²) in [5.41, 5.74) is 5.43. The van der Waals surface area contributed by atoms with Crippen molar-refractivity contribution in [2.75, 3.05) is 13.1 Å². The molecule has 0 aromatic rings. The van der Waals surface area contributed by atoms with Crippen molar-refractivity contribution in [1.29, 1.82) is 0 Å². The zero-order valence-corrected chi connectivity index (χ0v) is 8.16. The highest BCUT2D eigenvalue weighted by atomic mass is 16.4. The van der Waals surface area contributed by atoms with Crippen LogP contribution in [0.4, 0.5) is 0 Å². The van der Waals surface area contributed by atoms with Crippen molar-refractivity contribution in [1.82, 2.24) is 5.32 Å². The first-order valence-electron chi connectivity index (χ1n) is 4.92. The van der Waals surface area contributed by atoms with Crippen molar-refractivity contribution < 1.29 is 5.21 Å². The summed E-state index contributed by atoms with van der Waals surface area (Å²) in [6.45, 7) is 3.79. The largest absolute Gasteiger partial charge is 0.409 e. The second-order valence-corrected chi connectivity index (χ2v) is 3.86. The number of nitrogens with one attached hydrogen (secondary N) is 1. The molecule has 0 aromatic heterocycles. The Morgan fingerprint density at radius 1 is 1.69 bits per heavy atom. The molecule has 1 rings (SSSR count). The molecule has 13 heavy (non-hydrogen) atoms. The van der Waals surface area contributed by atoms with Crippen LogP contribution in [0.3, 0.4) is 0 Å². The molecule has 0 spiro atoms. The van der Waals surface area contributed by atoms with E-state index in [-0.39, 0.29) is 5.92 Å². The van der Waals surface area contributed by atoms with Gasteiger partial charge in [-0.2, -0.15) is 0 Å². The normalized spacial score (nSPS) is 20.2. The molecule has 0 aliphatic heterocycles. The fraction of sp³-hybridized carbons (Fsp3) is 0.889. The van der Waals surface area contributed by atoms with Crippen molar-refractivity contribution in [2.45, 2.75) is 26.2 Å². The molecule has 0 amide bonds. The average molecular weight is 185 g/mol. The maximum atomic E-state index is 8.40. The summed E-state index contributed by atoms with van der Waals surface area (Å²) < 4.78 is 0. The summed E-state index contributed by atoms with van der Waals surface area (Å²) in [6.07, 6.45) is 4.07. The van der Waals surface area contributed by atoms with E-state index in [4.69, 9.17) is 10.9 Å². The quantitative estimate of drug-likeness (QED) is 0.188. The van der Waals surface area contributed by atoms with E-state index in [9.17, 15) is 0 Å². The van der Waals surface area contributed by atoms with Crippen LogP contribution in [0.15, 0.2) is 5.16 Å². The molecule has 4 N–H and O–H groups in total. The van der Waals surface area contributed by atoms with E-state index < -0.39 is 0 Å². The molecule has 1 fully saturated rings. The molecular formula is C9H19N3O. The number of hydrogen-bond acceptors (Lipinski definition) is 3. The van der Waals surface area contributed by atoms with E-state index in [1.165, 1.54) is 19.3 Å². The first kappa shape index (κ1) is 10.3. The lowest BCUT2D eigenvalue weighted by Gasteiger charge is -2.10. The van der Waals surface area contributed by atoms with Crippen LogP contribution < -0.4 is 11.1 Å². The molecule has 1 unspecified atom stereocenters. The Morgan fingerprint density at radius 2 is 2.38 bits per heavy atom. The van der Waals surface area contributed by atoms with Crippen LogP contribution >= 0.6 is 0 Å². The molecule has 4 nitrogen and oxygen atoms in total. The van der Waals surface area contributed by atoms with Gasteiger partial charge in [-0.1, -0.05) is 24.9 Å². The Morgan fingerprint density at radius 3 is 2.92 bits per heavy atom. The van der Waals surface area contributed by atoms with Gasteiger partial charge in [-0.15, -0.1) is 0 Å². The predicted molar refractivity (Wildman–Crippen MR) is 52.8 cm³/mol. The Kier molecular flexibility index (Phi) is 4.02. The van der Waals surface area contributed by atoms with E-state index >= 15 is 0 Å². The van der Waals surface area contributed by atoms with E-state index in [0.717, 1.165) is 19.0 Å². The standard InChI is InChI=1S/C9H19N3O/c1-7(9(10)12-13)6-11-5-4-8-2-3-8/h7-8,11,13H,2-6H2,1H3,(H2,10,12). The molecule has 4 heteroatoms. The fourth-order valence-corrected chi connectivity index (χ4v) is 1.23. The highest BCUT2D eigenvalue weighted by molar-refractivity contribution is 5.82. The van der Waals surface area contributed by atoms with Gasteiger partial charge in [0.05, 0.1) is 0 Å². The van der Waals surface area contributed by atoms with Crippen LogP contribution in [0, 0.1) is 11.8 Å². The number of oxime groups is 1. The summed E-state index contributed by atoms with van der Waals surface area (Å²) in [7, 11) is 0. The number of amidine groups is 1. The zero-order chi connectivity index (χ0) is 9.68.